The number of carbonyl (C=O) groups excluding carboxylic acids is 3. The molecule has 1 saturated heterocycles. The van der Waals surface area contributed by atoms with E-state index in [-0.39, 0.29) is 18.1 Å². The molecule has 1 fully saturated rings. The van der Waals surface area contributed by atoms with Crippen molar-refractivity contribution >= 4 is 61.5 Å². The van der Waals surface area contributed by atoms with Crippen LogP contribution in [0.5, 0.6) is 11.5 Å². The number of anilines is 1. The SMILES string of the molecule is Cc1c(Br)c(/C=C2\C(=O)NC(=O)N(c3ccc4c(c3)OCO4)C2=O)c(C)n1-c1ccc(Br)cc1. The largest absolute Gasteiger partial charge is 0.454 e. The Morgan fingerprint density at radius 1 is 0.912 bits per heavy atom. The Kier molecular flexibility index (Phi) is 5.57. The molecule has 0 unspecified atom stereocenters. The van der Waals surface area contributed by atoms with Gasteiger partial charge in [-0.25, -0.2) is 9.69 Å². The molecular weight excluding hydrogens is 570 g/mol. The van der Waals surface area contributed by atoms with E-state index in [1.165, 1.54) is 12.1 Å². The van der Waals surface area contributed by atoms with Gasteiger partial charge in [0.25, 0.3) is 11.8 Å². The van der Waals surface area contributed by atoms with Crippen molar-refractivity contribution < 1.29 is 23.9 Å². The Hall–Kier alpha value is -3.37. The minimum absolute atomic E-state index is 0.0601. The fraction of sp³-hybridized carbons (Fsp3) is 0.125. The number of aromatic nitrogens is 1. The second kappa shape index (κ2) is 8.44. The molecule has 1 aromatic heterocycles. The molecule has 2 aliphatic heterocycles. The Labute approximate surface area is 211 Å². The predicted molar refractivity (Wildman–Crippen MR) is 132 cm³/mol. The normalized spacial score (nSPS) is 16.4. The highest BCUT2D eigenvalue weighted by atomic mass is 79.9. The number of fused-ring (bicyclic) bond motifs is 1. The van der Waals surface area contributed by atoms with Crippen molar-refractivity contribution in [1.82, 2.24) is 9.88 Å². The number of barbiturate groups is 1. The highest BCUT2D eigenvalue weighted by Gasteiger charge is 2.38. The first-order valence-electron chi connectivity index (χ1n) is 10.2. The lowest BCUT2D eigenvalue weighted by molar-refractivity contribution is -0.122. The van der Waals surface area contributed by atoms with Crippen LogP contribution in [0.1, 0.15) is 17.0 Å². The van der Waals surface area contributed by atoms with E-state index in [2.05, 4.69) is 37.2 Å². The Bertz CT molecular complexity index is 1410. The number of rotatable bonds is 3. The number of nitrogens with one attached hydrogen (secondary N) is 1. The average molecular weight is 587 g/mol. The molecule has 0 bridgehead atoms. The third kappa shape index (κ3) is 3.63. The summed E-state index contributed by atoms with van der Waals surface area (Å²) in [5.74, 6) is -0.550. The maximum atomic E-state index is 13.3. The highest BCUT2D eigenvalue weighted by Crippen LogP contribution is 2.37. The van der Waals surface area contributed by atoms with E-state index in [1.54, 1.807) is 12.1 Å². The van der Waals surface area contributed by atoms with Crippen LogP contribution in [0.25, 0.3) is 11.8 Å². The number of benzene rings is 2. The van der Waals surface area contributed by atoms with Crippen LogP contribution in [0.4, 0.5) is 10.5 Å². The van der Waals surface area contributed by atoms with Gasteiger partial charge in [-0.15, -0.1) is 0 Å². The van der Waals surface area contributed by atoms with Crippen LogP contribution >= 0.6 is 31.9 Å². The first-order valence-corrected chi connectivity index (χ1v) is 11.8. The van der Waals surface area contributed by atoms with Crippen LogP contribution in [0.3, 0.4) is 0 Å². The maximum Gasteiger partial charge on any atom is 0.335 e. The summed E-state index contributed by atoms with van der Waals surface area (Å²) in [5, 5.41) is 2.25. The summed E-state index contributed by atoms with van der Waals surface area (Å²) in [7, 11) is 0. The number of ether oxygens (including phenoxy) is 2. The Morgan fingerprint density at radius 2 is 1.59 bits per heavy atom. The van der Waals surface area contributed by atoms with E-state index >= 15 is 0 Å². The number of imide groups is 2. The molecule has 0 aliphatic carbocycles. The molecule has 0 spiro atoms. The zero-order valence-corrected chi connectivity index (χ0v) is 21.2. The minimum atomic E-state index is -0.828. The molecule has 8 nitrogen and oxygen atoms in total. The molecule has 0 saturated carbocycles. The summed E-state index contributed by atoms with van der Waals surface area (Å²) in [4.78, 5) is 39.5. The Balaban J connectivity index is 1.57. The number of hydrogen-bond acceptors (Lipinski definition) is 5. The number of urea groups is 1. The number of nitrogens with zero attached hydrogens (tertiary/aromatic N) is 2. The van der Waals surface area contributed by atoms with Crippen LogP contribution in [-0.4, -0.2) is 29.2 Å². The highest BCUT2D eigenvalue weighted by molar-refractivity contribution is 9.10. The first kappa shape index (κ1) is 22.4. The van der Waals surface area contributed by atoms with Gasteiger partial charge in [-0.3, -0.25) is 14.9 Å². The van der Waals surface area contributed by atoms with Crippen molar-refractivity contribution in [2.75, 3.05) is 11.7 Å². The molecule has 4 amide bonds. The zero-order valence-electron chi connectivity index (χ0n) is 18.0. The molecule has 3 heterocycles. The van der Waals surface area contributed by atoms with Crippen molar-refractivity contribution in [3.8, 4) is 17.2 Å². The molecule has 10 heteroatoms. The van der Waals surface area contributed by atoms with Gasteiger partial charge in [0, 0.05) is 37.7 Å². The molecule has 34 heavy (non-hydrogen) atoms. The minimum Gasteiger partial charge on any atom is -0.454 e. The second-order valence-corrected chi connectivity index (χ2v) is 9.41. The van der Waals surface area contributed by atoms with Gasteiger partial charge in [-0.1, -0.05) is 15.9 Å². The standard InChI is InChI=1S/C24H17Br2N3O5/c1-12-17(21(26)13(2)28(12)15-5-3-14(25)4-6-15)10-18-22(30)27-24(32)29(23(18)31)16-7-8-19-20(9-16)34-11-33-19/h3-10H,11H2,1-2H3,(H,27,30,32)/b18-10+. The molecule has 0 radical (unpaired) electrons. The molecule has 0 atom stereocenters. The van der Waals surface area contributed by atoms with Gasteiger partial charge < -0.3 is 14.0 Å². The third-order valence-corrected chi connectivity index (χ3v) is 7.23. The van der Waals surface area contributed by atoms with Crippen LogP contribution in [0.15, 0.2) is 57.0 Å². The summed E-state index contributed by atoms with van der Waals surface area (Å²) < 4.78 is 14.4. The summed E-state index contributed by atoms with van der Waals surface area (Å²) in [5.41, 5.74) is 3.43. The molecular formula is C24H17Br2N3O5. The molecule has 172 valence electrons. The number of hydrogen-bond donors (Lipinski definition) is 1. The second-order valence-electron chi connectivity index (χ2n) is 7.71. The third-order valence-electron chi connectivity index (χ3n) is 5.70. The van der Waals surface area contributed by atoms with Crippen LogP contribution in [0.2, 0.25) is 0 Å². The van der Waals surface area contributed by atoms with Gasteiger partial charge in [-0.2, -0.15) is 0 Å². The van der Waals surface area contributed by atoms with Crippen molar-refractivity contribution in [3.05, 3.63) is 73.9 Å². The van der Waals surface area contributed by atoms with Crippen molar-refractivity contribution in [1.29, 1.82) is 0 Å². The summed E-state index contributed by atoms with van der Waals surface area (Å²) in [6.45, 7) is 3.90. The lowest BCUT2D eigenvalue weighted by Crippen LogP contribution is -2.54. The first-order chi connectivity index (χ1) is 16.3. The van der Waals surface area contributed by atoms with Gasteiger partial charge in [0.05, 0.1) is 5.69 Å². The topological polar surface area (TPSA) is 89.9 Å². The fourth-order valence-electron chi connectivity index (χ4n) is 4.03. The number of halogens is 2. The van der Waals surface area contributed by atoms with Crippen molar-refractivity contribution in [3.63, 3.8) is 0 Å². The van der Waals surface area contributed by atoms with Crippen LogP contribution in [0, 0.1) is 13.8 Å². The van der Waals surface area contributed by atoms with E-state index in [4.69, 9.17) is 9.47 Å². The van der Waals surface area contributed by atoms with Crippen molar-refractivity contribution in [2.24, 2.45) is 0 Å². The maximum absolute atomic E-state index is 13.3. The lowest BCUT2D eigenvalue weighted by atomic mass is 10.1. The summed E-state index contributed by atoms with van der Waals surface area (Å²) >= 11 is 7.05. The van der Waals surface area contributed by atoms with Gasteiger partial charge in [-0.05, 0) is 72.3 Å². The fourth-order valence-corrected chi connectivity index (χ4v) is 4.87. The van der Waals surface area contributed by atoms with Crippen LogP contribution in [-0.2, 0) is 9.59 Å². The lowest BCUT2D eigenvalue weighted by Gasteiger charge is -2.26. The molecule has 2 aromatic carbocycles. The quantitative estimate of drug-likeness (QED) is 0.344. The van der Waals surface area contributed by atoms with E-state index in [1.807, 2.05) is 42.7 Å². The van der Waals surface area contributed by atoms with Gasteiger partial charge in [0.1, 0.15) is 5.57 Å². The van der Waals surface area contributed by atoms with E-state index < -0.39 is 17.8 Å². The Morgan fingerprint density at radius 3 is 2.32 bits per heavy atom. The number of carbonyl (C=O) groups is 3. The molecule has 2 aliphatic rings. The molecule has 5 rings (SSSR count). The van der Waals surface area contributed by atoms with Crippen molar-refractivity contribution in [2.45, 2.75) is 13.8 Å². The van der Waals surface area contributed by atoms with Gasteiger partial charge in [0.15, 0.2) is 11.5 Å². The van der Waals surface area contributed by atoms with Gasteiger partial charge in [0.2, 0.25) is 6.79 Å². The van der Waals surface area contributed by atoms with E-state index in [9.17, 15) is 14.4 Å². The predicted octanol–water partition coefficient (Wildman–Crippen LogP) is 5.01. The monoisotopic (exact) mass is 585 g/mol. The summed E-state index contributed by atoms with van der Waals surface area (Å²) in [6.07, 6.45) is 1.51. The summed E-state index contributed by atoms with van der Waals surface area (Å²) in [6, 6.07) is 11.7. The average Bonchev–Trinajstić information content (AvgIpc) is 3.35. The van der Waals surface area contributed by atoms with Gasteiger partial charge >= 0.3 is 6.03 Å². The smallest absolute Gasteiger partial charge is 0.335 e. The molecule has 1 N–H and O–H groups in total. The zero-order chi connectivity index (χ0) is 24.1. The van der Waals surface area contributed by atoms with Crippen LogP contribution < -0.4 is 19.7 Å². The van der Waals surface area contributed by atoms with E-state index in [0.717, 1.165) is 30.9 Å². The number of amides is 4. The van der Waals surface area contributed by atoms with E-state index in [0.29, 0.717) is 17.1 Å². The molecule has 3 aromatic rings.